The predicted octanol–water partition coefficient (Wildman–Crippen LogP) is 5.06. The number of ketones is 1. The number of ether oxygens (including phenoxy) is 3. The van der Waals surface area contributed by atoms with Crippen LogP contribution in [-0.2, 0) is 23.9 Å². The maximum Gasteiger partial charge on any atom is 0.336 e. The molecule has 1 aliphatic carbocycles. The molecule has 0 spiro atoms. The fourth-order valence-electron chi connectivity index (χ4n) is 5.19. The number of benzene rings is 2. The lowest BCUT2D eigenvalue weighted by molar-refractivity contribution is -0.152. The monoisotopic (exact) mass is 523 g/mol. The Bertz CT molecular complexity index is 1280. The molecule has 7 nitrogen and oxygen atoms in total. The van der Waals surface area contributed by atoms with E-state index in [4.69, 9.17) is 25.8 Å². The highest BCUT2D eigenvalue weighted by molar-refractivity contribution is 6.30. The van der Waals surface area contributed by atoms with Crippen molar-refractivity contribution in [2.75, 3.05) is 20.3 Å². The Morgan fingerprint density at radius 3 is 2.38 bits per heavy atom. The molecule has 0 aromatic heterocycles. The van der Waals surface area contributed by atoms with E-state index in [2.05, 4.69) is 5.32 Å². The van der Waals surface area contributed by atoms with Crippen LogP contribution >= 0.6 is 11.6 Å². The fraction of sp³-hybridized carbons (Fsp3) is 0.345. The number of Topliss-reactive ketones (excluding diaryl/α,β-unsaturated/α-hetero) is 1. The Kier molecular flexibility index (Phi) is 8.03. The van der Waals surface area contributed by atoms with Gasteiger partial charge in [0.05, 0.1) is 25.9 Å². The average molecular weight is 524 g/mol. The molecule has 0 amide bonds. The fourth-order valence-corrected chi connectivity index (χ4v) is 5.32. The summed E-state index contributed by atoms with van der Waals surface area (Å²) in [5.41, 5.74) is 3.47. The zero-order valence-corrected chi connectivity index (χ0v) is 22.1. The third-order valence-electron chi connectivity index (χ3n) is 6.78. The summed E-state index contributed by atoms with van der Waals surface area (Å²) in [5.74, 6) is -3.14. The number of methoxy groups -OCH3 is 1. The van der Waals surface area contributed by atoms with Crippen molar-refractivity contribution >= 4 is 29.3 Å². The van der Waals surface area contributed by atoms with Gasteiger partial charge < -0.3 is 19.5 Å². The first-order chi connectivity index (χ1) is 17.8. The highest BCUT2D eigenvalue weighted by Crippen LogP contribution is 2.48. The van der Waals surface area contributed by atoms with Gasteiger partial charge in [0.15, 0.2) is 5.78 Å². The van der Waals surface area contributed by atoms with Gasteiger partial charge in [0.25, 0.3) is 0 Å². The SMILES string of the molecule is CCOC(=O)C1=C(C)NC2=C(C(=O)[C@H](C(=O)OCC)[C@H](c3cccc(OC)c3)C2)[C@H]1c1ccc(Cl)cc1. The number of hydrogen-bond donors (Lipinski definition) is 1. The molecule has 0 bridgehead atoms. The van der Waals surface area contributed by atoms with Gasteiger partial charge in [0, 0.05) is 33.8 Å². The van der Waals surface area contributed by atoms with Gasteiger partial charge in [0.1, 0.15) is 11.7 Å². The third-order valence-corrected chi connectivity index (χ3v) is 7.03. The van der Waals surface area contributed by atoms with E-state index in [-0.39, 0.29) is 19.0 Å². The zero-order chi connectivity index (χ0) is 26.7. The number of dihydropyridines is 1. The van der Waals surface area contributed by atoms with Crippen LogP contribution in [0, 0.1) is 5.92 Å². The second-order valence-electron chi connectivity index (χ2n) is 8.94. The van der Waals surface area contributed by atoms with E-state index in [9.17, 15) is 14.4 Å². The Morgan fingerprint density at radius 2 is 1.73 bits per heavy atom. The molecule has 8 heteroatoms. The van der Waals surface area contributed by atoms with Crippen LogP contribution in [0.25, 0.3) is 0 Å². The molecular formula is C29H30ClNO6. The van der Waals surface area contributed by atoms with Gasteiger partial charge >= 0.3 is 11.9 Å². The van der Waals surface area contributed by atoms with Crippen LogP contribution in [0.5, 0.6) is 5.75 Å². The van der Waals surface area contributed by atoms with Crippen LogP contribution in [0.2, 0.25) is 5.02 Å². The molecule has 1 heterocycles. The molecular weight excluding hydrogens is 494 g/mol. The molecule has 0 radical (unpaired) electrons. The maximum absolute atomic E-state index is 14.3. The minimum absolute atomic E-state index is 0.144. The molecule has 194 valence electrons. The molecule has 37 heavy (non-hydrogen) atoms. The molecule has 2 aromatic rings. The third kappa shape index (κ3) is 5.14. The van der Waals surface area contributed by atoms with Gasteiger partial charge in [-0.15, -0.1) is 0 Å². The van der Waals surface area contributed by atoms with E-state index in [1.165, 1.54) is 0 Å². The standard InChI is InChI=1S/C29H30ClNO6/c1-5-36-28(33)23-16(3)31-22-15-21(18-8-7-9-20(14-18)35-4)25(29(34)37-6-2)27(32)26(22)24(23)17-10-12-19(30)13-11-17/h7-14,21,24-25,31H,5-6,15H2,1-4H3/t21-,24-,25+/m0/s1. The molecule has 1 N–H and O–H groups in total. The first-order valence-electron chi connectivity index (χ1n) is 12.3. The van der Waals surface area contributed by atoms with Crippen molar-refractivity contribution in [1.82, 2.24) is 5.32 Å². The maximum atomic E-state index is 14.3. The van der Waals surface area contributed by atoms with Crippen LogP contribution < -0.4 is 10.1 Å². The number of allylic oxidation sites excluding steroid dienone is 3. The van der Waals surface area contributed by atoms with E-state index in [1.807, 2.05) is 24.3 Å². The van der Waals surface area contributed by atoms with E-state index in [0.717, 1.165) is 5.56 Å². The van der Waals surface area contributed by atoms with Crippen molar-refractivity contribution in [3.05, 3.63) is 87.2 Å². The van der Waals surface area contributed by atoms with Gasteiger partial charge in [-0.2, -0.15) is 0 Å². The number of nitrogens with one attached hydrogen (secondary N) is 1. The summed E-state index contributed by atoms with van der Waals surface area (Å²) >= 11 is 6.14. The van der Waals surface area contributed by atoms with Crippen LogP contribution in [0.1, 0.15) is 50.2 Å². The van der Waals surface area contributed by atoms with E-state index in [1.54, 1.807) is 52.1 Å². The summed E-state index contributed by atoms with van der Waals surface area (Å²) in [6.07, 6.45) is 0.370. The van der Waals surface area contributed by atoms with Gasteiger partial charge in [-0.1, -0.05) is 35.9 Å². The number of esters is 2. The number of hydrogen-bond acceptors (Lipinski definition) is 7. The van der Waals surface area contributed by atoms with Crippen LogP contribution in [-0.4, -0.2) is 38.0 Å². The van der Waals surface area contributed by atoms with Gasteiger partial charge in [-0.25, -0.2) is 4.79 Å². The van der Waals surface area contributed by atoms with Crippen molar-refractivity contribution < 1.29 is 28.6 Å². The normalized spacial score (nSPS) is 21.2. The summed E-state index contributed by atoms with van der Waals surface area (Å²) in [7, 11) is 1.57. The first kappa shape index (κ1) is 26.5. The van der Waals surface area contributed by atoms with E-state index in [0.29, 0.717) is 45.3 Å². The van der Waals surface area contributed by atoms with Crippen molar-refractivity contribution in [2.45, 2.75) is 39.0 Å². The lowest BCUT2D eigenvalue weighted by Gasteiger charge is -2.39. The predicted molar refractivity (Wildman–Crippen MR) is 139 cm³/mol. The van der Waals surface area contributed by atoms with Crippen molar-refractivity contribution in [3.63, 3.8) is 0 Å². The molecule has 0 saturated carbocycles. The van der Waals surface area contributed by atoms with Crippen LogP contribution in [0.4, 0.5) is 0 Å². The topological polar surface area (TPSA) is 90.9 Å². The lowest BCUT2D eigenvalue weighted by Crippen LogP contribution is -2.43. The summed E-state index contributed by atoms with van der Waals surface area (Å²) in [4.78, 5) is 40.6. The number of rotatable bonds is 7. The van der Waals surface area contributed by atoms with Crippen LogP contribution in [0.15, 0.2) is 71.1 Å². The molecule has 2 aromatic carbocycles. The van der Waals surface area contributed by atoms with E-state index >= 15 is 0 Å². The molecule has 3 atom stereocenters. The van der Waals surface area contributed by atoms with Gasteiger partial charge in [-0.05, 0) is 62.6 Å². The Labute approximate surface area is 221 Å². The summed E-state index contributed by atoms with van der Waals surface area (Å²) in [6, 6.07) is 14.4. The minimum Gasteiger partial charge on any atom is -0.497 e. The largest absolute Gasteiger partial charge is 0.497 e. The number of halogens is 1. The second kappa shape index (κ2) is 11.2. The lowest BCUT2D eigenvalue weighted by atomic mass is 9.67. The van der Waals surface area contributed by atoms with E-state index < -0.39 is 29.7 Å². The molecule has 0 unspecified atom stereocenters. The minimum atomic E-state index is -1.08. The summed E-state index contributed by atoms with van der Waals surface area (Å²) < 4.78 is 16.1. The summed E-state index contributed by atoms with van der Waals surface area (Å²) in [5, 5.41) is 3.83. The zero-order valence-electron chi connectivity index (χ0n) is 21.3. The van der Waals surface area contributed by atoms with Gasteiger partial charge in [0.2, 0.25) is 0 Å². The Hall–Kier alpha value is -3.58. The van der Waals surface area contributed by atoms with Crippen molar-refractivity contribution in [2.24, 2.45) is 5.92 Å². The Balaban J connectivity index is 1.89. The van der Waals surface area contributed by atoms with Gasteiger partial charge in [-0.3, -0.25) is 9.59 Å². The second-order valence-corrected chi connectivity index (χ2v) is 9.38. The molecule has 1 aliphatic heterocycles. The van der Waals surface area contributed by atoms with Crippen LogP contribution in [0.3, 0.4) is 0 Å². The molecule has 2 aliphatic rings. The molecule has 0 fully saturated rings. The van der Waals surface area contributed by atoms with Crippen molar-refractivity contribution in [3.8, 4) is 5.75 Å². The highest BCUT2D eigenvalue weighted by Gasteiger charge is 2.49. The quantitative estimate of drug-likeness (QED) is 0.400. The highest BCUT2D eigenvalue weighted by atomic mass is 35.5. The molecule has 4 rings (SSSR count). The molecule has 0 saturated heterocycles. The first-order valence-corrected chi connectivity index (χ1v) is 12.7. The average Bonchev–Trinajstić information content (AvgIpc) is 2.88. The Morgan fingerprint density at radius 1 is 1.03 bits per heavy atom. The van der Waals surface area contributed by atoms with Crippen molar-refractivity contribution in [1.29, 1.82) is 0 Å². The number of carbonyl (C=O) groups excluding carboxylic acids is 3. The number of carbonyl (C=O) groups is 3. The smallest absolute Gasteiger partial charge is 0.336 e. The summed E-state index contributed by atoms with van der Waals surface area (Å²) in [6.45, 7) is 5.56.